The second-order valence-electron chi connectivity index (χ2n) is 5.83. The molecule has 1 aromatic rings. The van der Waals surface area contributed by atoms with Gasteiger partial charge in [0.15, 0.2) is 10.9 Å². The van der Waals surface area contributed by atoms with Crippen LogP contribution in [-0.2, 0) is 6.42 Å². The van der Waals surface area contributed by atoms with Gasteiger partial charge in [-0.2, -0.15) is 0 Å². The Morgan fingerprint density at radius 1 is 1.25 bits per heavy atom. The Morgan fingerprint density at radius 3 is 2.65 bits per heavy atom. The molecule has 1 saturated heterocycles. The number of aryl methyl sites for hydroxylation is 1. The van der Waals surface area contributed by atoms with Crippen LogP contribution in [0.25, 0.3) is 0 Å². The molecule has 4 nitrogen and oxygen atoms in total. The molecule has 0 bridgehead atoms. The Bertz CT molecular complexity index is 491. The zero-order chi connectivity index (χ0) is 14.1. The summed E-state index contributed by atoms with van der Waals surface area (Å²) in [6, 6.07) is 0.670. The molecule has 0 N–H and O–H groups in total. The van der Waals surface area contributed by atoms with E-state index >= 15 is 0 Å². The van der Waals surface area contributed by atoms with Crippen molar-refractivity contribution in [3.8, 4) is 0 Å². The number of rotatable bonds is 3. The number of Topliss-reactive ketones (excluding diaryl/α,β-unsaturated/α-hetero) is 1. The lowest BCUT2D eigenvalue weighted by Gasteiger charge is -2.37. The van der Waals surface area contributed by atoms with E-state index in [1.165, 1.54) is 6.42 Å². The molecule has 1 aliphatic carbocycles. The Morgan fingerprint density at radius 2 is 2.00 bits per heavy atom. The number of hydrogen-bond donors (Lipinski definition) is 0. The quantitative estimate of drug-likeness (QED) is 0.858. The minimum Gasteiger partial charge on any atom is -0.346 e. The van der Waals surface area contributed by atoms with Gasteiger partial charge >= 0.3 is 0 Å². The third-order valence-corrected chi connectivity index (χ3v) is 5.76. The normalized spacial score (nSPS) is 21.9. The van der Waals surface area contributed by atoms with Crippen molar-refractivity contribution in [2.45, 2.75) is 45.6 Å². The van der Waals surface area contributed by atoms with Crippen molar-refractivity contribution in [2.75, 3.05) is 31.1 Å². The molecule has 0 aromatic carbocycles. The molecule has 3 rings (SSSR count). The lowest BCUT2D eigenvalue weighted by molar-refractivity contribution is 0.0976. The topological polar surface area (TPSA) is 36.4 Å². The standard InChI is InChI=1S/C15H23N3OS/c1-3-11(2)17-7-9-18(10-8-17)15-16-12-5-4-6-13(19)14(12)20-15/h11H,3-10H2,1-2H3. The zero-order valence-electron chi connectivity index (χ0n) is 12.4. The van der Waals surface area contributed by atoms with Gasteiger partial charge in [-0.05, 0) is 26.2 Å². The number of aromatic nitrogens is 1. The van der Waals surface area contributed by atoms with Gasteiger partial charge < -0.3 is 4.90 Å². The van der Waals surface area contributed by atoms with E-state index in [0.29, 0.717) is 18.2 Å². The fourth-order valence-electron chi connectivity index (χ4n) is 3.00. The minimum atomic E-state index is 0.299. The van der Waals surface area contributed by atoms with Crippen molar-refractivity contribution in [3.05, 3.63) is 10.6 Å². The fraction of sp³-hybridized carbons (Fsp3) is 0.733. The first kappa shape index (κ1) is 14.0. The molecule has 2 aliphatic rings. The van der Waals surface area contributed by atoms with Crippen molar-refractivity contribution in [1.82, 2.24) is 9.88 Å². The number of nitrogens with zero attached hydrogens (tertiary/aromatic N) is 3. The Hall–Kier alpha value is -0.940. The van der Waals surface area contributed by atoms with Gasteiger partial charge in [-0.15, -0.1) is 0 Å². The third-order valence-electron chi connectivity index (χ3n) is 4.56. The number of fused-ring (bicyclic) bond motifs is 1. The van der Waals surface area contributed by atoms with Crippen LogP contribution in [0.4, 0.5) is 5.13 Å². The highest BCUT2D eigenvalue weighted by atomic mass is 32.1. The number of piperazine rings is 1. The van der Waals surface area contributed by atoms with Crippen LogP contribution in [0.2, 0.25) is 0 Å². The molecule has 20 heavy (non-hydrogen) atoms. The number of carbonyl (C=O) groups excluding carboxylic acids is 1. The summed E-state index contributed by atoms with van der Waals surface area (Å²) in [6.07, 6.45) is 3.86. The molecule has 0 amide bonds. The van der Waals surface area contributed by atoms with Crippen LogP contribution in [0.15, 0.2) is 0 Å². The summed E-state index contributed by atoms with van der Waals surface area (Å²) in [5.74, 6) is 0.299. The highest BCUT2D eigenvalue weighted by molar-refractivity contribution is 7.17. The maximum atomic E-state index is 11.9. The van der Waals surface area contributed by atoms with Crippen molar-refractivity contribution >= 4 is 22.3 Å². The van der Waals surface area contributed by atoms with E-state index in [4.69, 9.17) is 4.98 Å². The lowest BCUT2D eigenvalue weighted by atomic mass is 10.0. The summed E-state index contributed by atoms with van der Waals surface area (Å²) in [6.45, 7) is 8.82. The first-order chi connectivity index (χ1) is 9.69. The molecule has 1 unspecified atom stereocenters. The fourth-order valence-corrected chi connectivity index (χ4v) is 4.14. The molecule has 1 fully saturated rings. The van der Waals surface area contributed by atoms with Crippen molar-refractivity contribution < 1.29 is 4.79 Å². The molecule has 1 aliphatic heterocycles. The van der Waals surface area contributed by atoms with E-state index in [0.717, 1.165) is 54.7 Å². The molecule has 0 spiro atoms. The first-order valence-electron chi connectivity index (χ1n) is 7.71. The summed E-state index contributed by atoms with van der Waals surface area (Å²) < 4.78 is 0. The van der Waals surface area contributed by atoms with Crippen LogP contribution in [0, 0.1) is 0 Å². The Balaban J connectivity index is 1.68. The SMILES string of the molecule is CCC(C)N1CCN(c2nc3c(s2)C(=O)CCC3)CC1. The Labute approximate surface area is 124 Å². The number of ketones is 1. The van der Waals surface area contributed by atoms with E-state index in [-0.39, 0.29) is 0 Å². The van der Waals surface area contributed by atoms with Crippen LogP contribution in [0.1, 0.15) is 48.5 Å². The predicted octanol–water partition coefficient (Wildman–Crippen LogP) is 2.58. The number of anilines is 1. The van der Waals surface area contributed by atoms with Gasteiger partial charge in [-0.1, -0.05) is 18.3 Å². The number of thiazole rings is 1. The van der Waals surface area contributed by atoms with Gasteiger partial charge in [0.25, 0.3) is 0 Å². The van der Waals surface area contributed by atoms with Crippen LogP contribution < -0.4 is 4.90 Å². The molecule has 1 atom stereocenters. The van der Waals surface area contributed by atoms with Crippen LogP contribution in [0.3, 0.4) is 0 Å². The van der Waals surface area contributed by atoms with Gasteiger partial charge in [0, 0.05) is 38.6 Å². The molecule has 110 valence electrons. The van der Waals surface area contributed by atoms with E-state index in [1.807, 2.05) is 0 Å². The highest BCUT2D eigenvalue weighted by Crippen LogP contribution is 2.32. The highest BCUT2D eigenvalue weighted by Gasteiger charge is 2.26. The van der Waals surface area contributed by atoms with Gasteiger partial charge in [0.1, 0.15) is 0 Å². The molecule has 0 saturated carbocycles. The molecule has 5 heteroatoms. The van der Waals surface area contributed by atoms with E-state index < -0.39 is 0 Å². The molecular formula is C15H23N3OS. The second kappa shape index (κ2) is 5.82. The summed E-state index contributed by atoms with van der Waals surface area (Å²) in [5, 5.41) is 1.06. The zero-order valence-corrected chi connectivity index (χ0v) is 13.2. The van der Waals surface area contributed by atoms with Crippen molar-refractivity contribution in [3.63, 3.8) is 0 Å². The van der Waals surface area contributed by atoms with Crippen LogP contribution in [0.5, 0.6) is 0 Å². The summed E-state index contributed by atoms with van der Waals surface area (Å²) >= 11 is 1.61. The van der Waals surface area contributed by atoms with Gasteiger partial charge in [-0.3, -0.25) is 9.69 Å². The summed E-state index contributed by atoms with van der Waals surface area (Å²) in [4.78, 5) is 22.5. The maximum absolute atomic E-state index is 11.9. The third kappa shape index (κ3) is 2.61. The smallest absolute Gasteiger partial charge is 0.186 e. The van der Waals surface area contributed by atoms with Gasteiger partial charge in [-0.25, -0.2) is 4.98 Å². The molecule has 1 aromatic heterocycles. The van der Waals surface area contributed by atoms with Crippen molar-refractivity contribution in [2.24, 2.45) is 0 Å². The van der Waals surface area contributed by atoms with Crippen LogP contribution >= 0.6 is 11.3 Å². The summed E-state index contributed by atoms with van der Waals surface area (Å²) in [5.41, 5.74) is 1.05. The monoisotopic (exact) mass is 293 g/mol. The largest absolute Gasteiger partial charge is 0.346 e. The molecule has 0 radical (unpaired) electrons. The number of hydrogen-bond acceptors (Lipinski definition) is 5. The average Bonchev–Trinajstić information content (AvgIpc) is 2.92. The van der Waals surface area contributed by atoms with E-state index in [2.05, 4.69) is 23.6 Å². The molecular weight excluding hydrogens is 270 g/mol. The number of carbonyl (C=O) groups is 1. The van der Waals surface area contributed by atoms with E-state index in [9.17, 15) is 4.79 Å². The average molecular weight is 293 g/mol. The minimum absolute atomic E-state index is 0.299. The first-order valence-corrected chi connectivity index (χ1v) is 8.52. The maximum Gasteiger partial charge on any atom is 0.186 e. The van der Waals surface area contributed by atoms with Gasteiger partial charge in [0.2, 0.25) is 0 Å². The summed E-state index contributed by atoms with van der Waals surface area (Å²) in [7, 11) is 0. The Kier molecular flexibility index (Phi) is 4.08. The predicted molar refractivity (Wildman–Crippen MR) is 82.9 cm³/mol. The van der Waals surface area contributed by atoms with Crippen molar-refractivity contribution in [1.29, 1.82) is 0 Å². The van der Waals surface area contributed by atoms with Crippen LogP contribution in [-0.4, -0.2) is 47.9 Å². The van der Waals surface area contributed by atoms with Gasteiger partial charge in [0.05, 0.1) is 10.6 Å². The lowest BCUT2D eigenvalue weighted by Crippen LogP contribution is -2.49. The molecule has 2 heterocycles. The second-order valence-corrected chi connectivity index (χ2v) is 6.81. The van der Waals surface area contributed by atoms with E-state index in [1.54, 1.807) is 11.3 Å².